The first-order valence-electron chi connectivity index (χ1n) is 16.8. The molecule has 0 unspecified atom stereocenters. The monoisotopic (exact) mass is 556 g/mol. The zero-order valence-corrected chi connectivity index (χ0v) is 23.2. The summed E-state index contributed by atoms with van der Waals surface area (Å²) >= 11 is 0. The van der Waals surface area contributed by atoms with Crippen molar-refractivity contribution >= 4 is 32.6 Å². The number of aryl methyl sites for hydroxylation is 1. The molecule has 8 aromatic rings. The molecule has 43 heavy (non-hydrogen) atoms. The average Bonchev–Trinajstić information content (AvgIpc) is 3.51. The zero-order chi connectivity index (χ0) is 33.0. The molecule has 8 rings (SSSR count). The van der Waals surface area contributed by atoms with Gasteiger partial charge < -0.3 is 0 Å². The predicted molar refractivity (Wildman–Crippen MR) is 180 cm³/mol. The van der Waals surface area contributed by atoms with Crippen molar-refractivity contribution in [2.24, 2.45) is 0 Å². The number of rotatable bonds is 5. The highest BCUT2D eigenvalue weighted by Crippen LogP contribution is 2.45. The maximum Gasteiger partial charge on any atom is 0.114 e. The summed E-state index contributed by atoms with van der Waals surface area (Å²) in [6, 6.07) is 44.3. The van der Waals surface area contributed by atoms with E-state index in [1.54, 1.807) is 16.8 Å². The summed E-state index contributed by atoms with van der Waals surface area (Å²) in [6.07, 6.45) is 0.933. The molecule has 0 amide bonds. The highest BCUT2D eigenvalue weighted by molar-refractivity contribution is 6.22. The van der Waals surface area contributed by atoms with Crippen LogP contribution in [0, 0.1) is 0 Å². The van der Waals surface area contributed by atoms with Crippen molar-refractivity contribution < 1.29 is 6.85 Å². The lowest BCUT2D eigenvalue weighted by Crippen LogP contribution is -2.03. The topological polar surface area (TPSA) is 30.7 Å². The Morgan fingerprint density at radius 3 is 2.02 bits per heavy atom. The fourth-order valence-electron chi connectivity index (χ4n) is 6.35. The first-order valence-corrected chi connectivity index (χ1v) is 14.3. The molecule has 0 fully saturated rings. The van der Waals surface area contributed by atoms with E-state index in [9.17, 15) is 0 Å². The van der Waals surface area contributed by atoms with Gasteiger partial charge in [-0.05, 0) is 74.1 Å². The quantitative estimate of drug-likeness (QED) is 0.197. The number of para-hydroxylation sites is 3. The minimum absolute atomic E-state index is 0.159. The van der Waals surface area contributed by atoms with Crippen molar-refractivity contribution in [2.45, 2.75) is 13.2 Å². The SMILES string of the molecule is [2H]C([2H])([2H])C([2H])([2H])c1nc2ccccc2n1-c1ccccc1-c1c2ccccc2c(-c2cccc(-c3cccnc3)c2)c2ccccc12. The molecule has 0 aliphatic carbocycles. The van der Waals surface area contributed by atoms with Crippen molar-refractivity contribution in [3.63, 3.8) is 0 Å². The molecule has 0 saturated carbocycles. The Balaban J connectivity index is 1.45. The highest BCUT2D eigenvalue weighted by atomic mass is 15.1. The molecule has 3 heteroatoms. The Morgan fingerprint density at radius 1 is 0.628 bits per heavy atom. The molecule has 6 aromatic carbocycles. The third kappa shape index (κ3) is 4.12. The van der Waals surface area contributed by atoms with Crippen molar-refractivity contribution in [3.05, 3.63) is 152 Å². The van der Waals surface area contributed by atoms with Gasteiger partial charge in [-0.1, -0.05) is 110 Å². The lowest BCUT2D eigenvalue weighted by molar-refractivity contribution is 0.909. The van der Waals surface area contributed by atoms with Gasteiger partial charge >= 0.3 is 0 Å². The normalized spacial score (nSPS) is 13.8. The zero-order valence-electron chi connectivity index (χ0n) is 28.2. The van der Waals surface area contributed by atoms with E-state index in [0.717, 1.165) is 54.9 Å². The fraction of sp³-hybridized carbons (Fsp3) is 0.0500. The number of pyridine rings is 1. The van der Waals surface area contributed by atoms with E-state index in [4.69, 9.17) is 6.85 Å². The van der Waals surface area contributed by atoms with Crippen molar-refractivity contribution in [3.8, 4) is 39.1 Å². The third-order valence-electron chi connectivity index (χ3n) is 8.16. The van der Waals surface area contributed by atoms with Gasteiger partial charge in [0.15, 0.2) is 0 Å². The van der Waals surface area contributed by atoms with Crippen molar-refractivity contribution in [1.82, 2.24) is 14.5 Å². The van der Waals surface area contributed by atoms with E-state index in [-0.39, 0.29) is 5.82 Å². The van der Waals surface area contributed by atoms with Crippen LogP contribution < -0.4 is 0 Å². The molecule has 0 spiro atoms. The van der Waals surface area contributed by atoms with E-state index in [0.29, 0.717) is 16.7 Å². The van der Waals surface area contributed by atoms with Gasteiger partial charge in [-0.2, -0.15) is 0 Å². The van der Waals surface area contributed by atoms with Crippen molar-refractivity contribution in [1.29, 1.82) is 0 Å². The molecule has 0 N–H and O–H groups in total. The van der Waals surface area contributed by atoms with Crippen LogP contribution in [0.1, 0.15) is 19.5 Å². The molecular formula is C40H29N3. The second-order valence-corrected chi connectivity index (χ2v) is 10.6. The number of hydrogen-bond acceptors (Lipinski definition) is 2. The van der Waals surface area contributed by atoms with Crippen LogP contribution in [0.25, 0.3) is 71.6 Å². The summed E-state index contributed by atoms with van der Waals surface area (Å²) in [6.45, 7) is -2.94. The number of nitrogens with zero attached hydrogens (tertiary/aromatic N) is 3. The van der Waals surface area contributed by atoms with Gasteiger partial charge in [0.2, 0.25) is 0 Å². The van der Waals surface area contributed by atoms with Gasteiger partial charge in [-0.3, -0.25) is 9.55 Å². The molecule has 0 aliphatic rings. The minimum atomic E-state index is -2.94. The molecule has 0 radical (unpaired) electrons. The Bertz CT molecular complexity index is 2430. The predicted octanol–water partition coefficient (Wildman–Crippen LogP) is 10.3. The van der Waals surface area contributed by atoms with E-state index in [1.165, 1.54) is 0 Å². The van der Waals surface area contributed by atoms with Crippen LogP contribution in [-0.2, 0) is 6.37 Å². The molecule has 0 saturated heterocycles. The third-order valence-corrected chi connectivity index (χ3v) is 8.16. The van der Waals surface area contributed by atoms with Gasteiger partial charge in [0.25, 0.3) is 0 Å². The Morgan fingerprint density at radius 2 is 1.28 bits per heavy atom. The number of fused-ring (bicyclic) bond motifs is 3. The number of aromatic nitrogens is 3. The molecular weight excluding hydrogens is 522 g/mol. The van der Waals surface area contributed by atoms with Crippen LogP contribution in [0.15, 0.2) is 146 Å². The molecule has 3 nitrogen and oxygen atoms in total. The second-order valence-electron chi connectivity index (χ2n) is 10.6. The Hall–Kier alpha value is -5.54. The maximum atomic E-state index is 8.80. The largest absolute Gasteiger partial charge is 0.296 e. The minimum Gasteiger partial charge on any atom is -0.296 e. The lowest BCUT2D eigenvalue weighted by atomic mass is 9.85. The van der Waals surface area contributed by atoms with Crippen LogP contribution >= 0.6 is 0 Å². The summed E-state index contributed by atoms with van der Waals surface area (Å²) in [4.78, 5) is 8.93. The molecule has 2 heterocycles. The summed E-state index contributed by atoms with van der Waals surface area (Å²) in [5.74, 6) is -0.159. The van der Waals surface area contributed by atoms with E-state index in [2.05, 4.69) is 64.6 Å². The fourth-order valence-corrected chi connectivity index (χ4v) is 6.35. The van der Waals surface area contributed by atoms with Gasteiger partial charge in [-0.25, -0.2) is 4.98 Å². The van der Waals surface area contributed by atoms with Crippen LogP contribution in [0.5, 0.6) is 0 Å². The standard InChI is InChI=1S/C40H29N3/c1-2-38-42-35-21-8-10-23-37(35)43(38)36-22-9-7-20-34(36)40-32-18-5-3-16-30(32)39(31-17-4-6-19-33(31)40)28-14-11-13-27(25-28)29-15-12-24-41-26-29/h3-26H,2H2,1H3/i1D3,2D2. The van der Waals surface area contributed by atoms with Crippen molar-refractivity contribution in [2.75, 3.05) is 0 Å². The van der Waals surface area contributed by atoms with Gasteiger partial charge in [0, 0.05) is 36.7 Å². The first-order chi connectivity index (χ1) is 23.2. The number of benzene rings is 6. The van der Waals surface area contributed by atoms with E-state index >= 15 is 0 Å². The van der Waals surface area contributed by atoms with Gasteiger partial charge in [0.1, 0.15) is 5.82 Å². The van der Waals surface area contributed by atoms with Crippen LogP contribution in [0.2, 0.25) is 0 Å². The molecule has 204 valence electrons. The summed E-state index contributed by atoms with van der Waals surface area (Å²) in [5.41, 5.74) is 7.92. The summed E-state index contributed by atoms with van der Waals surface area (Å²) in [7, 11) is 0. The van der Waals surface area contributed by atoms with Gasteiger partial charge in [-0.15, -0.1) is 0 Å². The molecule has 2 aromatic heterocycles. The van der Waals surface area contributed by atoms with Crippen LogP contribution in [0.4, 0.5) is 0 Å². The Kier molecular flexibility index (Phi) is 4.91. The van der Waals surface area contributed by atoms with E-state index in [1.807, 2.05) is 79.0 Å². The summed E-state index contributed by atoms with van der Waals surface area (Å²) in [5, 5.41) is 4.18. The molecule has 0 atom stereocenters. The average molecular weight is 557 g/mol. The number of hydrogen-bond donors (Lipinski definition) is 0. The maximum absolute atomic E-state index is 8.80. The Labute approximate surface area is 257 Å². The molecule has 0 aliphatic heterocycles. The van der Waals surface area contributed by atoms with Crippen LogP contribution in [0.3, 0.4) is 0 Å². The molecule has 0 bridgehead atoms. The van der Waals surface area contributed by atoms with Crippen LogP contribution in [-0.4, -0.2) is 14.5 Å². The first kappa shape index (κ1) is 20.4. The number of imidazole rings is 1. The lowest BCUT2D eigenvalue weighted by Gasteiger charge is -2.21. The highest BCUT2D eigenvalue weighted by Gasteiger charge is 2.21. The smallest absolute Gasteiger partial charge is 0.114 e. The second kappa shape index (κ2) is 10.4. The van der Waals surface area contributed by atoms with Gasteiger partial charge in [0.05, 0.1) is 16.7 Å². The van der Waals surface area contributed by atoms with E-state index < -0.39 is 13.2 Å². The summed E-state index contributed by atoms with van der Waals surface area (Å²) < 4.78 is 43.6.